The monoisotopic (exact) mass is 275 g/mol. The van der Waals surface area contributed by atoms with Gasteiger partial charge in [-0.2, -0.15) is 0 Å². The Morgan fingerprint density at radius 3 is 2.65 bits per heavy atom. The lowest BCUT2D eigenvalue weighted by molar-refractivity contribution is 0.0909. The second-order valence-corrected chi connectivity index (χ2v) is 4.87. The Hall–Kier alpha value is -0.930. The summed E-state index contributed by atoms with van der Waals surface area (Å²) in [5, 5.41) is 12.8. The smallest absolute Gasteiger partial charge is 0.255 e. The van der Waals surface area contributed by atoms with Crippen LogP contribution in [0.25, 0.3) is 0 Å². The van der Waals surface area contributed by atoms with Crippen LogP contribution in [0.1, 0.15) is 30.6 Å². The van der Waals surface area contributed by atoms with E-state index < -0.39 is 5.54 Å². The van der Waals surface area contributed by atoms with Crippen LogP contribution in [0.15, 0.2) is 18.2 Å². The topological polar surface area (TPSA) is 49.3 Å². The summed E-state index contributed by atoms with van der Waals surface area (Å²) in [6.07, 6.45) is 0.705. The van der Waals surface area contributed by atoms with E-state index in [2.05, 4.69) is 5.32 Å². The molecule has 0 aliphatic heterocycles. The molecule has 0 spiro atoms. The molecule has 0 aromatic heterocycles. The van der Waals surface area contributed by atoms with E-state index in [4.69, 9.17) is 23.2 Å². The highest BCUT2D eigenvalue weighted by atomic mass is 35.5. The fourth-order valence-corrected chi connectivity index (χ4v) is 1.68. The lowest BCUT2D eigenvalue weighted by Crippen LogP contribution is -2.47. The van der Waals surface area contributed by atoms with Gasteiger partial charge in [-0.15, -0.1) is 11.6 Å². The zero-order chi connectivity index (χ0) is 13.1. The van der Waals surface area contributed by atoms with Crippen molar-refractivity contribution in [2.75, 3.05) is 5.88 Å². The molecule has 0 saturated heterocycles. The van der Waals surface area contributed by atoms with Crippen LogP contribution in [0.2, 0.25) is 5.02 Å². The van der Waals surface area contributed by atoms with Crippen LogP contribution in [0.3, 0.4) is 0 Å². The van der Waals surface area contributed by atoms with E-state index in [0.29, 0.717) is 17.3 Å². The second-order valence-electron chi connectivity index (χ2n) is 4.16. The molecule has 0 aliphatic carbocycles. The van der Waals surface area contributed by atoms with Crippen LogP contribution >= 0.6 is 23.2 Å². The van der Waals surface area contributed by atoms with E-state index in [1.807, 2.05) is 13.8 Å². The summed E-state index contributed by atoms with van der Waals surface area (Å²) in [4.78, 5) is 11.9. The van der Waals surface area contributed by atoms with E-state index in [0.717, 1.165) is 0 Å². The fourth-order valence-electron chi connectivity index (χ4n) is 1.25. The zero-order valence-corrected chi connectivity index (χ0v) is 11.3. The summed E-state index contributed by atoms with van der Waals surface area (Å²) in [5.41, 5.74) is -0.288. The van der Waals surface area contributed by atoms with Crippen molar-refractivity contribution in [2.45, 2.75) is 25.8 Å². The quantitative estimate of drug-likeness (QED) is 0.830. The molecule has 0 fully saturated rings. The number of hydrogen-bond donors (Lipinski definition) is 2. The maximum absolute atomic E-state index is 11.9. The number of hydrogen-bond acceptors (Lipinski definition) is 2. The molecule has 2 N–H and O–H groups in total. The number of phenolic OH excluding ortho intramolecular Hbond substituents is 1. The lowest BCUT2D eigenvalue weighted by Gasteiger charge is -2.27. The van der Waals surface area contributed by atoms with E-state index in [1.54, 1.807) is 6.07 Å². The largest absolute Gasteiger partial charge is 0.507 e. The van der Waals surface area contributed by atoms with Crippen molar-refractivity contribution in [3.8, 4) is 5.75 Å². The molecule has 1 aromatic carbocycles. The van der Waals surface area contributed by atoms with Gasteiger partial charge in [-0.3, -0.25) is 4.79 Å². The predicted molar refractivity (Wildman–Crippen MR) is 70.0 cm³/mol. The van der Waals surface area contributed by atoms with Gasteiger partial charge in [-0.1, -0.05) is 18.5 Å². The van der Waals surface area contributed by atoms with Crippen molar-refractivity contribution in [1.82, 2.24) is 5.32 Å². The summed E-state index contributed by atoms with van der Waals surface area (Å²) in [6.45, 7) is 3.79. The number of carbonyl (C=O) groups is 1. The summed E-state index contributed by atoms with van der Waals surface area (Å²) < 4.78 is 0. The van der Waals surface area contributed by atoms with E-state index in [1.165, 1.54) is 12.1 Å². The number of alkyl halides is 1. The van der Waals surface area contributed by atoms with Gasteiger partial charge in [0.25, 0.3) is 5.91 Å². The van der Waals surface area contributed by atoms with Crippen LogP contribution in [0.4, 0.5) is 0 Å². The summed E-state index contributed by atoms with van der Waals surface area (Å²) in [5.74, 6) is -0.184. The van der Waals surface area contributed by atoms with Crippen molar-refractivity contribution >= 4 is 29.1 Å². The number of benzene rings is 1. The minimum absolute atomic E-state index is 0.136. The number of halogens is 2. The Morgan fingerprint density at radius 2 is 2.18 bits per heavy atom. The van der Waals surface area contributed by atoms with Crippen molar-refractivity contribution < 1.29 is 9.90 Å². The number of nitrogens with one attached hydrogen (secondary N) is 1. The average Bonchev–Trinajstić information content (AvgIpc) is 2.28. The van der Waals surface area contributed by atoms with Gasteiger partial charge in [-0.05, 0) is 31.5 Å². The number of phenols is 1. The number of amides is 1. The highest BCUT2D eigenvalue weighted by Gasteiger charge is 2.24. The van der Waals surface area contributed by atoms with Crippen LogP contribution in [-0.4, -0.2) is 22.4 Å². The summed E-state index contributed by atoms with van der Waals surface area (Å²) in [6, 6.07) is 4.37. The molecule has 0 radical (unpaired) electrons. The molecule has 5 heteroatoms. The maximum Gasteiger partial charge on any atom is 0.255 e. The van der Waals surface area contributed by atoms with Gasteiger partial charge in [0.1, 0.15) is 5.75 Å². The lowest BCUT2D eigenvalue weighted by atomic mass is 10.0. The van der Waals surface area contributed by atoms with Crippen molar-refractivity contribution in [3.05, 3.63) is 28.8 Å². The first-order valence-electron chi connectivity index (χ1n) is 5.29. The molecule has 94 valence electrons. The zero-order valence-electron chi connectivity index (χ0n) is 9.76. The molecule has 0 saturated carbocycles. The molecule has 1 unspecified atom stereocenters. The van der Waals surface area contributed by atoms with Gasteiger partial charge in [-0.25, -0.2) is 0 Å². The Bertz CT molecular complexity index is 417. The van der Waals surface area contributed by atoms with Gasteiger partial charge in [0.2, 0.25) is 0 Å². The Kier molecular flexibility index (Phi) is 4.66. The van der Waals surface area contributed by atoms with Crippen molar-refractivity contribution in [3.63, 3.8) is 0 Å². The molecule has 3 nitrogen and oxygen atoms in total. The SMILES string of the molecule is CCC(C)(CCl)NC(=O)c1ccc(Cl)cc1O. The summed E-state index contributed by atoms with van der Waals surface area (Å²) >= 11 is 11.5. The number of rotatable bonds is 4. The van der Waals surface area contributed by atoms with E-state index in [-0.39, 0.29) is 17.2 Å². The van der Waals surface area contributed by atoms with Crippen LogP contribution in [0.5, 0.6) is 5.75 Å². The molecule has 1 amide bonds. The van der Waals surface area contributed by atoms with Crippen LogP contribution in [0, 0.1) is 0 Å². The molecule has 0 bridgehead atoms. The average molecular weight is 276 g/mol. The van der Waals surface area contributed by atoms with E-state index >= 15 is 0 Å². The minimum atomic E-state index is -0.481. The van der Waals surface area contributed by atoms with Gasteiger partial charge in [0, 0.05) is 10.9 Å². The Balaban J connectivity index is 2.90. The van der Waals surface area contributed by atoms with Gasteiger partial charge >= 0.3 is 0 Å². The standard InChI is InChI=1S/C12H15Cl2NO2/c1-3-12(2,7-13)15-11(17)9-5-4-8(14)6-10(9)16/h4-6,16H,3,7H2,1-2H3,(H,15,17). The molecular formula is C12H15Cl2NO2. The highest BCUT2D eigenvalue weighted by Crippen LogP contribution is 2.23. The Morgan fingerprint density at radius 1 is 1.53 bits per heavy atom. The molecule has 0 aliphatic rings. The van der Waals surface area contributed by atoms with Crippen molar-refractivity contribution in [1.29, 1.82) is 0 Å². The van der Waals surface area contributed by atoms with Gasteiger partial charge in [0.15, 0.2) is 0 Å². The third kappa shape index (κ3) is 3.51. The van der Waals surface area contributed by atoms with Crippen LogP contribution < -0.4 is 5.32 Å². The predicted octanol–water partition coefficient (Wildman–Crippen LogP) is 3.18. The molecule has 1 rings (SSSR count). The molecule has 1 atom stereocenters. The third-order valence-corrected chi connectivity index (χ3v) is 3.52. The highest BCUT2D eigenvalue weighted by molar-refractivity contribution is 6.30. The van der Waals surface area contributed by atoms with Gasteiger partial charge < -0.3 is 10.4 Å². The first-order valence-corrected chi connectivity index (χ1v) is 6.20. The van der Waals surface area contributed by atoms with Crippen molar-refractivity contribution in [2.24, 2.45) is 0 Å². The minimum Gasteiger partial charge on any atom is -0.507 e. The van der Waals surface area contributed by atoms with E-state index in [9.17, 15) is 9.90 Å². The normalized spacial score (nSPS) is 14.1. The first kappa shape index (κ1) is 14.1. The maximum atomic E-state index is 11.9. The molecule has 0 heterocycles. The fraction of sp³-hybridized carbons (Fsp3) is 0.417. The molecular weight excluding hydrogens is 261 g/mol. The number of carbonyl (C=O) groups excluding carboxylic acids is 1. The second kappa shape index (κ2) is 5.61. The van der Waals surface area contributed by atoms with Crippen LogP contribution in [-0.2, 0) is 0 Å². The molecule has 1 aromatic rings. The summed E-state index contributed by atoms with van der Waals surface area (Å²) in [7, 11) is 0. The first-order chi connectivity index (χ1) is 7.91. The number of aromatic hydroxyl groups is 1. The van der Waals surface area contributed by atoms with Gasteiger partial charge in [0.05, 0.1) is 11.1 Å². The third-order valence-electron chi connectivity index (χ3n) is 2.69. The molecule has 17 heavy (non-hydrogen) atoms. The Labute approximate surface area is 111 Å².